The van der Waals surface area contributed by atoms with E-state index in [1.807, 2.05) is 41.6 Å². The van der Waals surface area contributed by atoms with E-state index in [1.54, 1.807) is 0 Å². The molecule has 5 nitrogen and oxygen atoms in total. The van der Waals surface area contributed by atoms with E-state index in [-0.39, 0.29) is 6.03 Å². The predicted octanol–water partition coefficient (Wildman–Crippen LogP) is 5.57. The first-order valence-corrected chi connectivity index (χ1v) is 11.6. The van der Waals surface area contributed by atoms with Gasteiger partial charge in [0.25, 0.3) is 0 Å². The minimum Gasteiger partial charge on any atom is -0.490 e. The third kappa shape index (κ3) is 3.92. The number of rotatable bonds is 7. The van der Waals surface area contributed by atoms with Gasteiger partial charge in [-0.05, 0) is 68.2 Å². The number of urea groups is 1. The van der Waals surface area contributed by atoms with Gasteiger partial charge in [0.2, 0.25) is 0 Å². The van der Waals surface area contributed by atoms with Crippen molar-refractivity contribution >= 4 is 6.03 Å². The zero-order chi connectivity index (χ0) is 22.3. The van der Waals surface area contributed by atoms with E-state index in [1.165, 1.54) is 11.1 Å². The van der Waals surface area contributed by atoms with E-state index in [9.17, 15) is 4.79 Å². The quantitative estimate of drug-likeness (QED) is 0.625. The number of benzene rings is 1. The second-order valence-corrected chi connectivity index (χ2v) is 9.52. The third-order valence-corrected chi connectivity index (χ3v) is 6.97. The van der Waals surface area contributed by atoms with Crippen molar-refractivity contribution < 1.29 is 9.53 Å². The highest BCUT2D eigenvalue weighted by molar-refractivity contribution is 5.78. The van der Waals surface area contributed by atoms with E-state index >= 15 is 0 Å². The number of nitrogens with zero attached hydrogens (tertiary/aromatic N) is 2. The van der Waals surface area contributed by atoms with Crippen molar-refractivity contribution in [1.82, 2.24) is 9.88 Å². The fourth-order valence-electron chi connectivity index (χ4n) is 4.83. The minimum atomic E-state index is -0.417. The normalized spacial score (nSPS) is 21.4. The van der Waals surface area contributed by atoms with Gasteiger partial charge in [-0.3, -0.25) is 4.98 Å². The summed E-state index contributed by atoms with van der Waals surface area (Å²) in [5.41, 5.74) is 11.3. The molecular formula is C27H31N3O2. The first kappa shape index (κ1) is 20.8. The number of para-hydroxylation sites is 1. The van der Waals surface area contributed by atoms with Gasteiger partial charge in [0, 0.05) is 30.1 Å². The molecule has 2 fully saturated rings. The summed E-state index contributed by atoms with van der Waals surface area (Å²) in [6.07, 6.45) is 13.4. The molecule has 0 radical (unpaired) electrons. The van der Waals surface area contributed by atoms with Gasteiger partial charge in [-0.15, -0.1) is 0 Å². The predicted molar refractivity (Wildman–Crippen MR) is 126 cm³/mol. The first-order valence-electron chi connectivity index (χ1n) is 11.6. The molecule has 1 unspecified atom stereocenters. The summed E-state index contributed by atoms with van der Waals surface area (Å²) >= 11 is 0. The molecule has 2 N–H and O–H groups in total. The maximum absolute atomic E-state index is 12.8. The van der Waals surface area contributed by atoms with Gasteiger partial charge in [0.15, 0.2) is 0 Å². The standard InChI is InChI=1S/C27H31N3O2/c1-18-7-8-19(2)20(15-18)17-30(26(28)31)27(12-13-27)24-16-29-14-11-22(24)23-5-3-4-6-25(23)32-21-9-10-21/h3-8,11,14,16,18,21H,9-10,12-13,15,17H2,1-2H3,(H2,28,31). The molecule has 5 rings (SSSR count). The van der Waals surface area contributed by atoms with Crippen LogP contribution in [0.5, 0.6) is 5.75 Å². The van der Waals surface area contributed by atoms with Crippen LogP contribution in [0, 0.1) is 5.92 Å². The highest BCUT2D eigenvalue weighted by Crippen LogP contribution is 2.54. The number of nitrogens with two attached hydrogens (primary N) is 1. The summed E-state index contributed by atoms with van der Waals surface area (Å²) < 4.78 is 6.21. The summed E-state index contributed by atoms with van der Waals surface area (Å²) in [4.78, 5) is 19.1. The van der Waals surface area contributed by atoms with E-state index in [0.717, 1.165) is 54.5 Å². The van der Waals surface area contributed by atoms with Gasteiger partial charge >= 0.3 is 6.03 Å². The Morgan fingerprint density at radius 2 is 2.00 bits per heavy atom. The second-order valence-electron chi connectivity index (χ2n) is 9.52. The zero-order valence-electron chi connectivity index (χ0n) is 18.9. The molecule has 2 saturated carbocycles. The lowest BCUT2D eigenvalue weighted by Gasteiger charge is -2.34. The summed E-state index contributed by atoms with van der Waals surface area (Å²) in [6.45, 7) is 4.89. The number of allylic oxidation sites excluding steroid dienone is 3. The van der Waals surface area contributed by atoms with Gasteiger partial charge in [0.1, 0.15) is 5.75 Å². The van der Waals surface area contributed by atoms with E-state index in [4.69, 9.17) is 10.5 Å². The van der Waals surface area contributed by atoms with Crippen molar-refractivity contribution in [3.8, 4) is 16.9 Å². The van der Waals surface area contributed by atoms with Gasteiger partial charge in [-0.2, -0.15) is 0 Å². The van der Waals surface area contributed by atoms with Crippen molar-refractivity contribution in [3.63, 3.8) is 0 Å². The molecule has 32 heavy (non-hydrogen) atoms. The number of ether oxygens (including phenoxy) is 1. The summed E-state index contributed by atoms with van der Waals surface area (Å²) in [5.74, 6) is 1.37. The number of pyridine rings is 1. The number of amides is 2. The van der Waals surface area contributed by atoms with Gasteiger partial charge in [-0.25, -0.2) is 4.79 Å². The minimum absolute atomic E-state index is 0.315. The van der Waals surface area contributed by atoms with Gasteiger partial charge < -0.3 is 15.4 Å². The van der Waals surface area contributed by atoms with E-state index in [2.05, 4.69) is 37.0 Å². The first-order chi connectivity index (χ1) is 15.5. The second kappa shape index (κ2) is 8.12. The van der Waals surface area contributed by atoms with E-state index in [0.29, 0.717) is 18.6 Å². The van der Waals surface area contributed by atoms with Crippen LogP contribution in [-0.4, -0.2) is 28.6 Å². The molecule has 3 aliphatic carbocycles. The molecule has 3 aliphatic rings. The van der Waals surface area contributed by atoms with Crippen LogP contribution in [0.1, 0.15) is 51.5 Å². The molecule has 0 aliphatic heterocycles. The van der Waals surface area contributed by atoms with Gasteiger partial charge in [0.05, 0.1) is 11.6 Å². The smallest absolute Gasteiger partial charge is 0.315 e. The Balaban J connectivity index is 1.54. The molecule has 0 saturated heterocycles. The van der Waals surface area contributed by atoms with Crippen molar-refractivity contribution in [2.45, 2.75) is 57.6 Å². The van der Waals surface area contributed by atoms with Crippen molar-refractivity contribution in [1.29, 1.82) is 0 Å². The van der Waals surface area contributed by atoms with Crippen molar-refractivity contribution in [3.05, 3.63) is 71.6 Å². The van der Waals surface area contributed by atoms with E-state index < -0.39 is 5.54 Å². The lowest BCUT2D eigenvalue weighted by molar-refractivity contribution is 0.180. The number of hydrogen-bond donors (Lipinski definition) is 1. The average Bonchev–Trinajstić information content (AvgIpc) is 3.71. The molecular weight excluding hydrogens is 398 g/mol. The Bertz CT molecular complexity index is 1100. The molecule has 2 amide bonds. The summed E-state index contributed by atoms with van der Waals surface area (Å²) in [5, 5.41) is 0. The van der Waals surface area contributed by atoms with Crippen LogP contribution in [0.2, 0.25) is 0 Å². The van der Waals surface area contributed by atoms with Crippen LogP contribution in [0.4, 0.5) is 4.79 Å². The molecule has 0 spiro atoms. The fraction of sp³-hybridized carbons (Fsp3) is 0.407. The third-order valence-electron chi connectivity index (χ3n) is 6.97. The largest absolute Gasteiger partial charge is 0.490 e. The summed E-state index contributed by atoms with van der Waals surface area (Å²) in [7, 11) is 0. The number of carbonyl (C=O) groups is 1. The number of carbonyl (C=O) groups excluding carboxylic acids is 1. The molecule has 5 heteroatoms. The number of aromatic nitrogens is 1. The Hall–Kier alpha value is -3.08. The Kier molecular flexibility index (Phi) is 5.28. The lowest BCUT2D eigenvalue weighted by atomic mass is 9.89. The topological polar surface area (TPSA) is 68.5 Å². The molecule has 0 bridgehead atoms. The van der Waals surface area contributed by atoms with Crippen molar-refractivity contribution in [2.75, 3.05) is 6.54 Å². The molecule has 1 aromatic heterocycles. The van der Waals surface area contributed by atoms with Crippen LogP contribution < -0.4 is 10.5 Å². The highest BCUT2D eigenvalue weighted by Gasteiger charge is 2.53. The zero-order valence-corrected chi connectivity index (χ0v) is 18.9. The molecule has 2 aromatic rings. The SMILES string of the molecule is CC1=C(CN(C(N)=O)C2(c3cnccc3-c3ccccc3OC3CC3)CC2)CC(C)C=C1. The highest BCUT2D eigenvalue weighted by atomic mass is 16.5. The number of hydrogen-bond acceptors (Lipinski definition) is 3. The maximum Gasteiger partial charge on any atom is 0.315 e. The lowest BCUT2D eigenvalue weighted by Crippen LogP contribution is -2.45. The fourth-order valence-corrected chi connectivity index (χ4v) is 4.83. The Labute approximate surface area is 190 Å². The number of primary amides is 1. The van der Waals surface area contributed by atoms with Crippen LogP contribution >= 0.6 is 0 Å². The van der Waals surface area contributed by atoms with Crippen molar-refractivity contribution in [2.24, 2.45) is 11.7 Å². The average molecular weight is 430 g/mol. The molecule has 1 aromatic carbocycles. The van der Waals surface area contributed by atoms with Gasteiger partial charge in [-0.1, -0.05) is 42.8 Å². The Morgan fingerprint density at radius 1 is 1.22 bits per heavy atom. The van der Waals surface area contributed by atoms with Crippen LogP contribution in [0.15, 0.2) is 66.0 Å². The van der Waals surface area contributed by atoms with Crippen LogP contribution in [0.3, 0.4) is 0 Å². The molecule has 1 atom stereocenters. The monoisotopic (exact) mass is 429 g/mol. The maximum atomic E-state index is 12.8. The summed E-state index contributed by atoms with van der Waals surface area (Å²) in [6, 6.07) is 9.85. The Morgan fingerprint density at radius 3 is 2.72 bits per heavy atom. The molecule has 166 valence electrons. The van der Waals surface area contributed by atoms with Crippen LogP contribution in [0.25, 0.3) is 11.1 Å². The van der Waals surface area contributed by atoms with Crippen LogP contribution in [-0.2, 0) is 5.54 Å². The molecule has 1 heterocycles.